The summed E-state index contributed by atoms with van der Waals surface area (Å²) in [6, 6.07) is 14.6. The Balaban J connectivity index is 1.83. The Bertz CT molecular complexity index is 1420. The third-order valence-electron chi connectivity index (χ3n) is 5.45. The smallest absolute Gasteiger partial charge is 0.251 e. The number of hydrogen-bond donors (Lipinski definition) is 1. The summed E-state index contributed by atoms with van der Waals surface area (Å²) in [6.45, 7) is 1.92. The number of hydrogen-bond acceptors (Lipinski definition) is 3. The van der Waals surface area contributed by atoms with E-state index in [9.17, 15) is 10.1 Å². The van der Waals surface area contributed by atoms with Crippen molar-refractivity contribution in [2.75, 3.05) is 0 Å². The Morgan fingerprint density at radius 1 is 1.13 bits per heavy atom. The zero-order chi connectivity index (χ0) is 21.0. The zero-order valence-electron chi connectivity index (χ0n) is 16.0. The average Bonchev–Trinajstić information content (AvgIpc) is 3.50. The number of nitrogens with zero attached hydrogens (tertiary/aromatic N) is 3. The molecule has 7 heteroatoms. The molecule has 0 aliphatic heterocycles. The fraction of sp³-hybridized carbons (Fsp3) is 0.174. The van der Waals surface area contributed by atoms with Gasteiger partial charge in [-0.2, -0.15) is 10.4 Å². The van der Waals surface area contributed by atoms with Crippen LogP contribution in [-0.4, -0.2) is 14.6 Å². The number of rotatable bonds is 3. The predicted octanol–water partition coefficient (Wildman–Crippen LogP) is 5.72. The van der Waals surface area contributed by atoms with Crippen molar-refractivity contribution in [3.63, 3.8) is 0 Å². The van der Waals surface area contributed by atoms with Gasteiger partial charge in [0.1, 0.15) is 5.65 Å². The maximum Gasteiger partial charge on any atom is 0.251 e. The van der Waals surface area contributed by atoms with E-state index in [-0.39, 0.29) is 5.56 Å². The van der Waals surface area contributed by atoms with Gasteiger partial charge in [-0.15, -0.1) is 0 Å². The maximum absolute atomic E-state index is 12.6. The van der Waals surface area contributed by atoms with E-state index in [1.54, 1.807) is 22.7 Å². The van der Waals surface area contributed by atoms with E-state index in [1.807, 2.05) is 31.2 Å². The molecule has 5 rings (SSSR count). The van der Waals surface area contributed by atoms with Crippen LogP contribution in [0.15, 0.2) is 47.3 Å². The summed E-state index contributed by atoms with van der Waals surface area (Å²) < 4.78 is 1.79. The van der Waals surface area contributed by atoms with Crippen LogP contribution in [0.3, 0.4) is 0 Å². The number of halogens is 2. The first-order chi connectivity index (χ1) is 14.5. The highest BCUT2D eigenvalue weighted by Gasteiger charge is 2.32. The molecule has 1 aliphatic carbocycles. The standard InChI is InChI=1S/C23H16Cl2N4O/c1-12-8-13(11-26)2-6-16(12)19-10-20(30)27-23-21(15-5-7-17(24)18(25)9-15)22(14-3-4-14)28-29(19)23/h2,5-10,14H,3-4H2,1H3,(H,27,30). The molecule has 0 radical (unpaired) electrons. The van der Waals surface area contributed by atoms with E-state index < -0.39 is 0 Å². The van der Waals surface area contributed by atoms with E-state index in [0.29, 0.717) is 32.9 Å². The third-order valence-corrected chi connectivity index (χ3v) is 6.19. The van der Waals surface area contributed by atoms with Crippen LogP contribution in [0.4, 0.5) is 0 Å². The lowest BCUT2D eigenvalue weighted by molar-refractivity contribution is 0.883. The quantitative estimate of drug-likeness (QED) is 0.447. The third kappa shape index (κ3) is 3.09. The predicted molar refractivity (Wildman–Crippen MR) is 118 cm³/mol. The van der Waals surface area contributed by atoms with Gasteiger partial charge in [0.15, 0.2) is 0 Å². The van der Waals surface area contributed by atoms with Crippen LogP contribution in [0.5, 0.6) is 0 Å². The van der Waals surface area contributed by atoms with Crippen molar-refractivity contribution in [3.8, 4) is 28.5 Å². The molecule has 2 heterocycles. The Labute approximate surface area is 182 Å². The van der Waals surface area contributed by atoms with Gasteiger partial charge in [0, 0.05) is 23.1 Å². The van der Waals surface area contributed by atoms with Gasteiger partial charge < -0.3 is 4.98 Å². The zero-order valence-corrected chi connectivity index (χ0v) is 17.6. The van der Waals surface area contributed by atoms with Gasteiger partial charge in [-0.3, -0.25) is 4.79 Å². The molecule has 0 saturated heterocycles. The molecule has 1 fully saturated rings. The molecule has 148 valence electrons. The van der Waals surface area contributed by atoms with Crippen LogP contribution in [0.25, 0.3) is 28.0 Å². The normalized spacial score (nSPS) is 13.5. The average molecular weight is 435 g/mol. The van der Waals surface area contributed by atoms with Crippen molar-refractivity contribution in [1.82, 2.24) is 14.6 Å². The monoisotopic (exact) mass is 434 g/mol. The molecule has 0 spiro atoms. The lowest BCUT2D eigenvalue weighted by atomic mass is 10.0. The van der Waals surface area contributed by atoms with Crippen LogP contribution in [0.1, 0.15) is 35.6 Å². The summed E-state index contributed by atoms with van der Waals surface area (Å²) in [5.41, 5.74) is 6.12. The largest absolute Gasteiger partial charge is 0.306 e. The number of nitrogens with one attached hydrogen (secondary N) is 1. The molecular formula is C23H16Cl2N4O. The highest BCUT2D eigenvalue weighted by molar-refractivity contribution is 6.42. The number of aromatic amines is 1. The highest BCUT2D eigenvalue weighted by atomic mass is 35.5. The minimum absolute atomic E-state index is 0.218. The van der Waals surface area contributed by atoms with Crippen molar-refractivity contribution in [2.24, 2.45) is 0 Å². The molecule has 4 aromatic rings. The van der Waals surface area contributed by atoms with Gasteiger partial charge in [-0.05, 0) is 55.2 Å². The van der Waals surface area contributed by atoms with Crippen LogP contribution < -0.4 is 5.56 Å². The lowest BCUT2D eigenvalue weighted by Crippen LogP contribution is -2.10. The van der Waals surface area contributed by atoms with E-state index in [4.69, 9.17) is 28.3 Å². The van der Waals surface area contributed by atoms with Crippen molar-refractivity contribution < 1.29 is 0 Å². The first-order valence-electron chi connectivity index (χ1n) is 9.59. The Hall–Kier alpha value is -3.07. The molecule has 1 saturated carbocycles. The van der Waals surface area contributed by atoms with Crippen molar-refractivity contribution in [1.29, 1.82) is 5.26 Å². The van der Waals surface area contributed by atoms with E-state index in [2.05, 4.69) is 11.1 Å². The van der Waals surface area contributed by atoms with Gasteiger partial charge in [0.05, 0.1) is 33.1 Å². The molecule has 0 amide bonds. The summed E-state index contributed by atoms with van der Waals surface area (Å²) >= 11 is 12.4. The molecule has 5 nitrogen and oxygen atoms in total. The summed E-state index contributed by atoms with van der Waals surface area (Å²) in [5, 5.41) is 15.0. The fourth-order valence-corrected chi connectivity index (χ4v) is 4.15. The van der Waals surface area contributed by atoms with Gasteiger partial charge >= 0.3 is 0 Å². The molecule has 0 bridgehead atoms. The SMILES string of the molecule is Cc1cc(C#N)ccc1-c1cc(=O)[nH]c2c(-c3ccc(Cl)c(Cl)c3)c(C3CC3)nn12. The summed E-state index contributed by atoms with van der Waals surface area (Å²) in [6.07, 6.45) is 2.13. The van der Waals surface area contributed by atoms with Gasteiger partial charge in [0.2, 0.25) is 0 Å². The molecular weight excluding hydrogens is 419 g/mol. The Morgan fingerprint density at radius 2 is 1.93 bits per heavy atom. The Kier molecular flexibility index (Phi) is 4.43. The molecule has 30 heavy (non-hydrogen) atoms. The van der Waals surface area contributed by atoms with E-state index in [1.165, 1.54) is 0 Å². The molecule has 1 N–H and O–H groups in total. The topological polar surface area (TPSA) is 73.9 Å². The van der Waals surface area contributed by atoms with Crippen LogP contribution in [-0.2, 0) is 0 Å². The van der Waals surface area contributed by atoms with Crippen molar-refractivity contribution in [3.05, 3.63) is 79.7 Å². The first-order valence-corrected chi connectivity index (χ1v) is 10.3. The number of aryl methyl sites for hydroxylation is 1. The van der Waals surface area contributed by atoms with Crippen LogP contribution in [0.2, 0.25) is 10.0 Å². The molecule has 0 atom stereocenters. The van der Waals surface area contributed by atoms with Crippen LogP contribution >= 0.6 is 23.2 Å². The van der Waals surface area contributed by atoms with E-state index in [0.717, 1.165) is 40.8 Å². The maximum atomic E-state index is 12.6. The molecule has 2 aromatic heterocycles. The molecule has 1 aliphatic rings. The second-order valence-electron chi connectivity index (χ2n) is 7.58. The summed E-state index contributed by atoms with van der Waals surface area (Å²) in [4.78, 5) is 15.6. The second-order valence-corrected chi connectivity index (χ2v) is 8.40. The Morgan fingerprint density at radius 3 is 2.60 bits per heavy atom. The molecule has 2 aromatic carbocycles. The van der Waals surface area contributed by atoms with Crippen LogP contribution in [0, 0.1) is 18.3 Å². The van der Waals surface area contributed by atoms with Crippen molar-refractivity contribution in [2.45, 2.75) is 25.7 Å². The van der Waals surface area contributed by atoms with Gasteiger partial charge in [0.25, 0.3) is 5.56 Å². The van der Waals surface area contributed by atoms with E-state index >= 15 is 0 Å². The molecule has 0 unspecified atom stereocenters. The second kappa shape index (κ2) is 7.02. The number of aromatic nitrogens is 3. The highest BCUT2D eigenvalue weighted by Crippen LogP contribution is 2.46. The number of nitriles is 1. The number of H-pyrrole nitrogens is 1. The summed E-state index contributed by atoms with van der Waals surface area (Å²) in [7, 11) is 0. The summed E-state index contributed by atoms with van der Waals surface area (Å²) in [5.74, 6) is 0.354. The number of benzene rings is 2. The minimum Gasteiger partial charge on any atom is -0.306 e. The lowest BCUT2D eigenvalue weighted by Gasteiger charge is -2.09. The first kappa shape index (κ1) is 18.9. The number of fused-ring (bicyclic) bond motifs is 1. The van der Waals surface area contributed by atoms with Crippen molar-refractivity contribution >= 4 is 28.8 Å². The minimum atomic E-state index is -0.218. The fourth-order valence-electron chi connectivity index (χ4n) is 3.85. The van der Waals surface area contributed by atoms with Gasteiger partial charge in [-0.1, -0.05) is 35.3 Å². The van der Waals surface area contributed by atoms with Gasteiger partial charge in [-0.25, -0.2) is 4.52 Å².